The van der Waals surface area contributed by atoms with Gasteiger partial charge in [-0.1, -0.05) is 12.0 Å². The summed E-state index contributed by atoms with van der Waals surface area (Å²) in [4.78, 5) is 15.9. The molecule has 2 heterocycles. The number of nitrogens with zero attached hydrogens (tertiary/aromatic N) is 1. The lowest BCUT2D eigenvalue weighted by Gasteiger charge is -2.03. The second-order valence-corrected chi connectivity index (χ2v) is 4.50. The maximum Gasteiger partial charge on any atom is 0.229 e. The van der Waals surface area contributed by atoms with Gasteiger partial charge < -0.3 is 10.4 Å². The third kappa shape index (κ3) is 4.21. The van der Waals surface area contributed by atoms with Gasteiger partial charge in [0, 0.05) is 0 Å². The molecule has 0 radical (unpaired) electrons. The fraction of sp³-hybridized carbons (Fsp3) is 0.143. The zero-order valence-electron chi connectivity index (χ0n) is 10.1. The number of rotatable bonds is 3. The van der Waals surface area contributed by atoms with Crippen LogP contribution in [0, 0.1) is 11.8 Å². The maximum atomic E-state index is 11.8. The van der Waals surface area contributed by atoms with Crippen LogP contribution >= 0.6 is 11.3 Å². The van der Waals surface area contributed by atoms with Gasteiger partial charge in [0.05, 0.1) is 6.42 Å². The molecule has 0 aromatic carbocycles. The number of amides is 1. The molecule has 0 spiro atoms. The zero-order chi connectivity index (χ0) is 13.5. The van der Waals surface area contributed by atoms with E-state index in [0.29, 0.717) is 17.9 Å². The van der Waals surface area contributed by atoms with E-state index < -0.39 is 0 Å². The van der Waals surface area contributed by atoms with Crippen LogP contribution in [-0.2, 0) is 11.2 Å². The predicted molar refractivity (Wildman–Crippen MR) is 74.9 cm³/mol. The summed E-state index contributed by atoms with van der Waals surface area (Å²) in [7, 11) is 0. The summed E-state index contributed by atoms with van der Waals surface area (Å²) in [5.41, 5.74) is 1.50. The van der Waals surface area contributed by atoms with Crippen molar-refractivity contribution in [1.82, 2.24) is 4.98 Å². The van der Waals surface area contributed by atoms with Crippen LogP contribution < -0.4 is 5.32 Å². The quantitative estimate of drug-likeness (QED) is 0.835. The van der Waals surface area contributed by atoms with Crippen LogP contribution in [-0.4, -0.2) is 22.6 Å². The van der Waals surface area contributed by atoms with Crippen LogP contribution in [0.5, 0.6) is 0 Å². The van der Waals surface area contributed by atoms with Crippen LogP contribution in [0.1, 0.15) is 11.3 Å². The first kappa shape index (κ1) is 13.3. The van der Waals surface area contributed by atoms with Crippen LogP contribution in [0.25, 0.3) is 0 Å². The van der Waals surface area contributed by atoms with Crippen molar-refractivity contribution in [3.63, 3.8) is 0 Å². The van der Waals surface area contributed by atoms with Crippen molar-refractivity contribution in [3.8, 4) is 11.8 Å². The summed E-state index contributed by atoms with van der Waals surface area (Å²) in [6.07, 6.45) is 0.331. The van der Waals surface area contributed by atoms with Gasteiger partial charge in [-0.3, -0.25) is 4.79 Å². The molecular formula is C14H12N2O2S. The highest BCUT2D eigenvalue weighted by molar-refractivity contribution is 7.08. The van der Waals surface area contributed by atoms with Crippen LogP contribution in [0.3, 0.4) is 0 Å². The number of pyridine rings is 1. The molecule has 2 aromatic heterocycles. The number of carbonyl (C=O) groups excluding carboxylic acids is 1. The molecule has 96 valence electrons. The number of aliphatic hydroxyl groups is 1. The Morgan fingerprint density at radius 2 is 2.32 bits per heavy atom. The molecule has 0 saturated carbocycles. The molecule has 2 N–H and O–H groups in total. The molecule has 0 aliphatic rings. The van der Waals surface area contributed by atoms with Crippen molar-refractivity contribution < 1.29 is 9.90 Å². The van der Waals surface area contributed by atoms with E-state index in [9.17, 15) is 4.79 Å². The highest BCUT2D eigenvalue weighted by Gasteiger charge is 2.05. The number of anilines is 1. The molecule has 1 amide bonds. The molecule has 0 aliphatic heterocycles. The Balaban J connectivity index is 2.00. The van der Waals surface area contributed by atoms with Crippen molar-refractivity contribution >= 4 is 23.1 Å². The molecule has 0 saturated heterocycles. The summed E-state index contributed by atoms with van der Waals surface area (Å²) in [6.45, 7) is -0.212. The molecular weight excluding hydrogens is 260 g/mol. The predicted octanol–water partition coefficient (Wildman–Crippen LogP) is 1.67. The first-order chi connectivity index (χ1) is 9.28. The minimum Gasteiger partial charge on any atom is -0.384 e. The molecule has 0 aliphatic carbocycles. The summed E-state index contributed by atoms with van der Waals surface area (Å²) in [5.74, 6) is 5.56. The number of nitrogens with one attached hydrogen (secondary N) is 1. The van der Waals surface area contributed by atoms with E-state index in [2.05, 4.69) is 22.1 Å². The van der Waals surface area contributed by atoms with Crippen molar-refractivity contribution in [2.75, 3.05) is 11.9 Å². The van der Waals surface area contributed by atoms with Crippen LogP contribution in [0.4, 0.5) is 5.82 Å². The third-order valence-corrected chi connectivity index (χ3v) is 2.99. The average Bonchev–Trinajstić information content (AvgIpc) is 2.89. The number of aliphatic hydroxyl groups excluding tert-OH is 1. The monoisotopic (exact) mass is 272 g/mol. The molecule has 0 bridgehead atoms. The standard InChI is InChI=1S/C14H12N2O2S/c17-7-2-4-12-3-1-5-13(15-12)16-14(18)9-11-6-8-19-10-11/h1,3,5-6,8,10,17H,7,9H2,(H,15,16,18). The third-order valence-electron chi connectivity index (χ3n) is 2.26. The van der Waals surface area contributed by atoms with E-state index >= 15 is 0 Å². The van der Waals surface area contributed by atoms with Gasteiger partial charge in [-0.25, -0.2) is 4.98 Å². The van der Waals surface area contributed by atoms with Gasteiger partial charge >= 0.3 is 0 Å². The summed E-state index contributed by atoms with van der Waals surface area (Å²) in [6, 6.07) is 7.10. The van der Waals surface area contributed by atoms with Crippen molar-refractivity contribution in [2.45, 2.75) is 6.42 Å². The minimum absolute atomic E-state index is 0.113. The molecule has 0 atom stereocenters. The number of hydrogen-bond acceptors (Lipinski definition) is 4. The van der Waals surface area contributed by atoms with Gasteiger partial charge in [0.25, 0.3) is 0 Å². The lowest BCUT2D eigenvalue weighted by atomic mass is 10.2. The Morgan fingerprint density at radius 3 is 3.05 bits per heavy atom. The molecule has 5 heteroatoms. The van der Waals surface area contributed by atoms with E-state index in [1.807, 2.05) is 16.8 Å². The van der Waals surface area contributed by atoms with Gasteiger partial charge in [-0.2, -0.15) is 11.3 Å². The van der Waals surface area contributed by atoms with Crippen molar-refractivity contribution in [2.24, 2.45) is 0 Å². The first-order valence-electron chi connectivity index (χ1n) is 5.65. The lowest BCUT2D eigenvalue weighted by molar-refractivity contribution is -0.115. The number of thiophene rings is 1. The fourth-order valence-corrected chi connectivity index (χ4v) is 2.14. The Labute approximate surface area is 115 Å². The molecule has 2 aromatic rings. The Bertz CT molecular complexity index is 612. The smallest absolute Gasteiger partial charge is 0.229 e. The van der Waals surface area contributed by atoms with Crippen molar-refractivity contribution in [1.29, 1.82) is 0 Å². The summed E-state index contributed by atoms with van der Waals surface area (Å²) in [5, 5.41) is 15.2. The van der Waals surface area contributed by atoms with E-state index in [-0.39, 0.29) is 12.5 Å². The molecule has 4 nitrogen and oxygen atoms in total. The number of hydrogen-bond donors (Lipinski definition) is 2. The fourth-order valence-electron chi connectivity index (χ4n) is 1.47. The Morgan fingerprint density at radius 1 is 1.42 bits per heavy atom. The van der Waals surface area contributed by atoms with Gasteiger partial charge in [-0.15, -0.1) is 0 Å². The highest BCUT2D eigenvalue weighted by Crippen LogP contribution is 2.09. The number of aromatic nitrogens is 1. The molecule has 0 fully saturated rings. The normalized spacial score (nSPS) is 9.53. The topological polar surface area (TPSA) is 62.2 Å². The Hall–Kier alpha value is -2.16. The van der Waals surface area contributed by atoms with Gasteiger partial charge in [-0.05, 0) is 40.4 Å². The largest absolute Gasteiger partial charge is 0.384 e. The average molecular weight is 272 g/mol. The molecule has 0 unspecified atom stereocenters. The maximum absolute atomic E-state index is 11.8. The van der Waals surface area contributed by atoms with E-state index in [0.717, 1.165) is 5.56 Å². The summed E-state index contributed by atoms with van der Waals surface area (Å²) >= 11 is 1.56. The zero-order valence-corrected chi connectivity index (χ0v) is 10.9. The van der Waals surface area contributed by atoms with Gasteiger partial charge in [0.1, 0.15) is 18.1 Å². The van der Waals surface area contributed by atoms with Crippen molar-refractivity contribution in [3.05, 3.63) is 46.3 Å². The van der Waals surface area contributed by atoms with E-state index in [1.54, 1.807) is 29.5 Å². The minimum atomic E-state index is -0.212. The second kappa shape index (κ2) is 6.69. The Kier molecular flexibility index (Phi) is 4.67. The van der Waals surface area contributed by atoms with Gasteiger partial charge in [0.2, 0.25) is 5.91 Å². The van der Waals surface area contributed by atoms with E-state index in [4.69, 9.17) is 5.11 Å². The highest BCUT2D eigenvalue weighted by atomic mass is 32.1. The molecule has 19 heavy (non-hydrogen) atoms. The van der Waals surface area contributed by atoms with E-state index in [1.165, 1.54) is 0 Å². The van der Waals surface area contributed by atoms with Crippen LogP contribution in [0.2, 0.25) is 0 Å². The van der Waals surface area contributed by atoms with Crippen LogP contribution in [0.15, 0.2) is 35.0 Å². The second-order valence-electron chi connectivity index (χ2n) is 3.72. The SMILES string of the molecule is O=C(Cc1ccsc1)Nc1cccc(C#CCO)n1. The van der Waals surface area contributed by atoms with Gasteiger partial charge in [0.15, 0.2) is 0 Å². The lowest BCUT2D eigenvalue weighted by Crippen LogP contribution is -2.15. The molecule has 2 rings (SSSR count). The first-order valence-corrected chi connectivity index (χ1v) is 6.60. The number of carbonyl (C=O) groups is 1. The summed E-state index contributed by atoms with van der Waals surface area (Å²) < 4.78 is 0.